The van der Waals surface area contributed by atoms with E-state index in [-0.39, 0.29) is 17.7 Å². The number of hydrogen-bond acceptors (Lipinski definition) is 3. The fourth-order valence-electron chi connectivity index (χ4n) is 2.24. The molecule has 5 nitrogen and oxygen atoms in total. The molecule has 19 heavy (non-hydrogen) atoms. The van der Waals surface area contributed by atoms with Crippen LogP contribution in [0.2, 0.25) is 0 Å². The maximum Gasteiger partial charge on any atom is 0.229 e. The molecule has 0 saturated carbocycles. The predicted octanol–water partition coefficient (Wildman–Crippen LogP) is 1.44. The van der Waals surface area contributed by atoms with Gasteiger partial charge >= 0.3 is 0 Å². The SMILES string of the molecule is CC(=O)Nc1ccc(NC(=O)[C@@H]2CNC[C@H]2C)cc1. The quantitative estimate of drug-likeness (QED) is 0.771. The molecule has 1 heterocycles. The van der Waals surface area contributed by atoms with E-state index in [0.29, 0.717) is 5.92 Å². The van der Waals surface area contributed by atoms with Crippen molar-refractivity contribution in [3.8, 4) is 0 Å². The summed E-state index contributed by atoms with van der Waals surface area (Å²) in [6.07, 6.45) is 0. The second kappa shape index (κ2) is 5.84. The molecule has 1 aliphatic rings. The second-order valence-electron chi connectivity index (χ2n) is 4.99. The minimum absolute atomic E-state index is 0.0232. The van der Waals surface area contributed by atoms with E-state index in [1.54, 1.807) is 24.3 Å². The lowest BCUT2D eigenvalue weighted by Gasteiger charge is -2.14. The normalized spacial score (nSPS) is 22.0. The van der Waals surface area contributed by atoms with E-state index in [2.05, 4.69) is 22.9 Å². The van der Waals surface area contributed by atoms with Gasteiger partial charge in [-0.2, -0.15) is 0 Å². The maximum atomic E-state index is 12.1. The lowest BCUT2D eigenvalue weighted by atomic mass is 9.97. The summed E-state index contributed by atoms with van der Waals surface area (Å²) >= 11 is 0. The van der Waals surface area contributed by atoms with E-state index < -0.39 is 0 Å². The van der Waals surface area contributed by atoms with E-state index in [1.165, 1.54) is 6.92 Å². The Morgan fingerprint density at radius 2 is 1.68 bits per heavy atom. The number of hydrogen-bond donors (Lipinski definition) is 3. The van der Waals surface area contributed by atoms with Crippen LogP contribution in [0.25, 0.3) is 0 Å². The van der Waals surface area contributed by atoms with Gasteiger partial charge in [0.15, 0.2) is 0 Å². The first kappa shape index (κ1) is 13.5. The van der Waals surface area contributed by atoms with Crippen LogP contribution in [-0.4, -0.2) is 24.9 Å². The molecule has 0 aromatic heterocycles. The van der Waals surface area contributed by atoms with Crippen molar-refractivity contribution in [3.63, 3.8) is 0 Å². The molecular weight excluding hydrogens is 242 g/mol. The Balaban J connectivity index is 1.95. The zero-order valence-corrected chi connectivity index (χ0v) is 11.2. The Bertz CT molecular complexity index is 470. The van der Waals surface area contributed by atoms with Crippen LogP contribution in [0.15, 0.2) is 24.3 Å². The summed E-state index contributed by atoms with van der Waals surface area (Å²) in [6, 6.07) is 7.12. The van der Waals surface area contributed by atoms with Crippen LogP contribution in [0.3, 0.4) is 0 Å². The van der Waals surface area contributed by atoms with E-state index in [0.717, 1.165) is 24.5 Å². The Morgan fingerprint density at radius 3 is 2.16 bits per heavy atom. The molecule has 1 aromatic rings. The molecule has 3 N–H and O–H groups in total. The molecule has 102 valence electrons. The van der Waals surface area contributed by atoms with Gasteiger partial charge in [0.2, 0.25) is 11.8 Å². The highest BCUT2D eigenvalue weighted by Crippen LogP contribution is 2.19. The third kappa shape index (κ3) is 3.54. The highest BCUT2D eigenvalue weighted by Gasteiger charge is 2.29. The number of nitrogens with one attached hydrogen (secondary N) is 3. The van der Waals surface area contributed by atoms with Crippen molar-refractivity contribution >= 4 is 23.2 Å². The van der Waals surface area contributed by atoms with E-state index >= 15 is 0 Å². The Labute approximate surface area is 112 Å². The lowest BCUT2D eigenvalue weighted by molar-refractivity contribution is -0.120. The van der Waals surface area contributed by atoms with Crippen molar-refractivity contribution in [1.82, 2.24) is 5.32 Å². The van der Waals surface area contributed by atoms with Gasteiger partial charge in [0.1, 0.15) is 0 Å². The third-order valence-corrected chi connectivity index (χ3v) is 3.33. The first-order valence-electron chi connectivity index (χ1n) is 6.45. The van der Waals surface area contributed by atoms with Gasteiger partial charge in [0.05, 0.1) is 5.92 Å². The van der Waals surface area contributed by atoms with Crippen molar-refractivity contribution in [2.75, 3.05) is 23.7 Å². The Hall–Kier alpha value is -1.88. The fourth-order valence-corrected chi connectivity index (χ4v) is 2.24. The van der Waals surface area contributed by atoms with E-state index in [1.807, 2.05) is 0 Å². The Kier molecular flexibility index (Phi) is 4.16. The highest BCUT2D eigenvalue weighted by molar-refractivity contribution is 5.94. The number of carbonyl (C=O) groups excluding carboxylic acids is 2. The molecule has 0 spiro atoms. The molecule has 1 fully saturated rings. The van der Waals surface area contributed by atoms with E-state index in [9.17, 15) is 9.59 Å². The van der Waals surface area contributed by atoms with Gasteiger partial charge in [0.25, 0.3) is 0 Å². The predicted molar refractivity (Wildman–Crippen MR) is 74.9 cm³/mol. The van der Waals surface area contributed by atoms with Crippen LogP contribution in [-0.2, 0) is 9.59 Å². The topological polar surface area (TPSA) is 70.2 Å². The standard InChI is InChI=1S/C14H19N3O2/c1-9-7-15-8-13(9)14(19)17-12-5-3-11(4-6-12)16-10(2)18/h3-6,9,13,15H,7-8H2,1-2H3,(H,16,18)(H,17,19)/t9-,13-/m1/s1. The van der Waals surface area contributed by atoms with Gasteiger partial charge in [-0.1, -0.05) is 6.92 Å². The molecule has 0 bridgehead atoms. The number of rotatable bonds is 3. The molecule has 0 radical (unpaired) electrons. The Morgan fingerprint density at radius 1 is 1.11 bits per heavy atom. The molecule has 1 aromatic carbocycles. The van der Waals surface area contributed by atoms with Gasteiger partial charge < -0.3 is 16.0 Å². The lowest BCUT2D eigenvalue weighted by Crippen LogP contribution is -2.27. The van der Waals surface area contributed by atoms with Crippen molar-refractivity contribution in [2.45, 2.75) is 13.8 Å². The smallest absolute Gasteiger partial charge is 0.229 e. The number of anilines is 2. The molecule has 1 aliphatic heterocycles. The number of carbonyl (C=O) groups is 2. The van der Waals surface area contributed by atoms with Gasteiger partial charge in [-0.15, -0.1) is 0 Å². The van der Waals surface area contributed by atoms with Gasteiger partial charge in [-0.25, -0.2) is 0 Å². The molecule has 2 amide bonds. The van der Waals surface area contributed by atoms with Crippen LogP contribution in [0.4, 0.5) is 11.4 Å². The molecule has 2 rings (SSSR count). The van der Waals surface area contributed by atoms with Crippen molar-refractivity contribution in [2.24, 2.45) is 11.8 Å². The summed E-state index contributed by atoms with van der Waals surface area (Å²) in [6.45, 7) is 5.16. The zero-order valence-electron chi connectivity index (χ0n) is 11.2. The minimum Gasteiger partial charge on any atom is -0.326 e. The first-order chi connectivity index (χ1) is 9.06. The van der Waals surface area contributed by atoms with Crippen LogP contribution < -0.4 is 16.0 Å². The summed E-state index contributed by atoms with van der Waals surface area (Å²) in [5, 5.41) is 8.80. The molecule has 5 heteroatoms. The fraction of sp³-hybridized carbons (Fsp3) is 0.429. The van der Waals surface area contributed by atoms with Gasteiger partial charge in [0, 0.05) is 24.8 Å². The van der Waals surface area contributed by atoms with Crippen molar-refractivity contribution in [3.05, 3.63) is 24.3 Å². The summed E-state index contributed by atoms with van der Waals surface area (Å²) in [4.78, 5) is 23.0. The average Bonchev–Trinajstić information content (AvgIpc) is 2.77. The zero-order chi connectivity index (χ0) is 13.8. The van der Waals surface area contributed by atoms with Crippen LogP contribution in [0.1, 0.15) is 13.8 Å². The molecule has 2 atom stereocenters. The summed E-state index contributed by atoms with van der Waals surface area (Å²) in [5.74, 6) is 0.320. The molecular formula is C14H19N3O2. The first-order valence-corrected chi connectivity index (χ1v) is 6.45. The highest BCUT2D eigenvalue weighted by atomic mass is 16.2. The number of amides is 2. The monoisotopic (exact) mass is 261 g/mol. The molecule has 1 saturated heterocycles. The van der Waals surface area contributed by atoms with Crippen LogP contribution in [0, 0.1) is 11.8 Å². The van der Waals surface area contributed by atoms with Gasteiger partial charge in [-0.05, 0) is 36.7 Å². The second-order valence-corrected chi connectivity index (χ2v) is 4.99. The van der Waals surface area contributed by atoms with Crippen LogP contribution >= 0.6 is 0 Å². The summed E-state index contributed by atoms with van der Waals surface area (Å²) < 4.78 is 0. The molecule has 0 aliphatic carbocycles. The summed E-state index contributed by atoms with van der Waals surface area (Å²) in [5.41, 5.74) is 1.47. The van der Waals surface area contributed by atoms with Crippen molar-refractivity contribution < 1.29 is 9.59 Å². The minimum atomic E-state index is -0.109. The largest absolute Gasteiger partial charge is 0.326 e. The average molecular weight is 261 g/mol. The third-order valence-electron chi connectivity index (χ3n) is 3.33. The summed E-state index contributed by atoms with van der Waals surface area (Å²) in [7, 11) is 0. The van der Waals surface area contributed by atoms with Gasteiger partial charge in [-0.3, -0.25) is 9.59 Å². The molecule has 0 unspecified atom stereocenters. The van der Waals surface area contributed by atoms with Crippen molar-refractivity contribution in [1.29, 1.82) is 0 Å². The van der Waals surface area contributed by atoms with E-state index in [4.69, 9.17) is 0 Å². The maximum absolute atomic E-state index is 12.1. The van der Waals surface area contributed by atoms with Crippen LogP contribution in [0.5, 0.6) is 0 Å². The number of benzene rings is 1.